The summed E-state index contributed by atoms with van der Waals surface area (Å²) in [7, 11) is 0. The van der Waals surface area contributed by atoms with Crippen LogP contribution in [0.1, 0.15) is 5.56 Å². The van der Waals surface area contributed by atoms with E-state index in [2.05, 4.69) is 44.0 Å². The van der Waals surface area contributed by atoms with E-state index in [1.54, 1.807) is 10.8 Å². The van der Waals surface area contributed by atoms with Crippen molar-refractivity contribution in [3.8, 4) is 0 Å². The Morgan fingerprint density at radius 3 is 2.54 bits per heavy atom. The molecule has 5 rings (SSSR count). The molecule has 0 aliphatic heterocycles. The molecule has 3 aromatic carbocycles. The summed E-state index contributed by atoms with van der Waals surface area (Å²) in [5.74, 6) is 0.657. The van der Waals surface area contributed by atoms with E-state index in [9.17, 15) is 0 Å². The lowest BCUT2D eigenvalue weighted by Crippen LogP contribution is -2.00. The van der Waals surface area contributed by atoms with E-state index in [1.165, 1.54) is 5.39 Å². The zero-order valence-corrected chi connectivity index (χ0v) is 13.7. The lowest BCUT2D eigenvalue weighted by atomic mass is 10.1. The molecule has 0 bridgehead atoms. The van der Waals surface area contributed by atoms with Gasteiger partial charge >= 0.3 is 0 Å². The Labute approximate surface area is 148 Å². The maximum atomic E-state index is 4.52. The molecular weight excluding hydrogens is 324 g/mol. The predicted molar refractivity (Wildman–Crippen MR) is 103 cm³/mol. The highest BCUT2D eigenvalue weighted by atomic mass is 15.4. The van der Waals surface area contributed by atoms with Crippen molar-refractivity contribution in [1.29, 1.82) is 0 Å². The number of benzene rings is 3. The van der Waals surface area contributed by atoms with Crippen molar-refractivity contribution < 1.29 is 0 Å². The number of hydrogen-bond acceptors (Lipinski definition) is 5. The van der Waals surface area contributed by atoms with Gasteiger partial charge in [-0.25, -0.2) is 0 Å². The second-order valence-corrected chi connectivity index (χ2v) is 5.93. The predicted octanol–water partition coefficient (Wildman–Crippen LogP) is 3.88. The van der Waals surface area contributed by atoms with E-state index in [1.807, 2.05) is 54.7 Å². The zero-order valence-electron chi connectivity index (χ0n) is 13.7. The fourth-order valence-corrected chi connectivity index (χ4v) is 3.14. The molecule has 0 aliphatic rings. The molecule has 124 valence electrons. The minimum Gasteiger partial charge on any atom is -0.259 e. The van der Waals surface area contributed by atoms with Gasteiger partial charge in [0.2, 0.25) is 0 Å². The average Bonchev–Trinajstić information content (AvgIpc) is 3.17. The molecule has 26 heavy (non-hydrogen) atoms. The molecule has 0 atom stereocenters. The van der Waals surface area contributed by atoms with Crippen molar-refractivity contribution in [2.24, 2.45) is 5.10 Å². The largest absolute Gasteiger partial charge is 0.259 e. The van der Waals surface area contributed by atoms with Crippen LogP contribution in [0.2, 0.25) is 0 Å². The first-order valence-corrected chi connectivity index (χ1v) is 8.26. The van der Waals surface area contributed by atoms with E-state index < -0.39 is 0 Å². The normalized spacial score (nSPS) is 11.7. The van der Waals surface area contributed by atoms with E-state index in [0.717, 1.165) is 27.4 Å². The molecule has 0 saturated heterocycles. The van der Waals surface area contributed by atoms with Crippen molar-refractivity contribution >= 4 is 39.2 Å². The summed E-state index contributed by atoms with van der Waals surface area (Å²) in [5, 5.41) is 21.3. The minimum atomic E-state index is 0.657. The molecule has 2 heterocycles. The van der Waals surface area contributed by atoms with Crippen LogP contribution in [0.25, 0.3) is 27.2 Å². The maximum Gasteiger partial charge on any atom is 0.185 e. The number of aromatic nitrogens is 4. The molecule has 0 radical (unpaired) electrons. The van der Waals surface area contributed by atoms with Gasteiger partial charge in [-0.3, -0.25) is 5.43 Å². The number of nitrogens with zero attached hydrogens (tertiary/aromatic N) is 5. The zero-order chi connectivity index (χ0) is 17.3. The van der Waals surface area contributed by atoms with Crippen LogP contribution in [0.3, 0.4) is 0 Å². The first-order valence-electron chi connectivity index (χ1n) is 8.26. The van der Waals surface area contributed by atoms with E-state index >= 15 is 0 Å². The number of fused-ring (bicyclic) bond motifs is 4. The Kier molecular flexibility index (Phi) is 3.31. The molecule has 0 unspecified atom stereocenters. The van der Waals surface area contributed by atoms with Crippen LogP contribution in [-0.2, 0) is 0 Å². The van der Waals surface area contributed by atoms with Crippen LogP contribution in [0.15, 0.2) is 78.2 Å². The standard InChI is InChI=1S/C20H14N6/c1-2-9-16-14(6-1)7-5-8-15(16)12-21-23-19-17-10-3-4-11-18(17)20-24-22-13-26(20)25-19/h1-13H,(H,23,25)/b21-12-. The number of rotatable bonds is 3. The lowest BCUT2D eigenvalue weighted by Gasteiger charge is -2.06. The molecule has 6 heteroatoms. The fourth-order valence-electron chi connectivity index (χ4n) is 3.14. The van der Waals surface area contributed by atoms with Gasteiger partial charge in [0.1, 0.15) is 6.33 Å². The van der Waals surface area contributed by atoms with Crippen LogP contribution in [0, 0.1) is 0 Å². The Balaban J connectivity index is 1.56. The third-order valence-corrected chi connectivity index (χ3v) is 4.36. The van der Waals surface area contributed by atoms with Gasteiger partial charge in [0.25, 0.3) is 0 Å². The summed E-state index contributed by atoms with van der Waals surface area (Å²) in [4.78, 5) is 0. The van der Waals surface area contributed by atoms with Gasteiger partial charge in [-0.05, 0) is 10.8 Å². The van der Waals surface area contributed by atoms with Gasteiger partial charge in [-0.15, -0.1) is 15.3 Å². The second-order valence-electron chi connectivity index (χ2n) is 5.93. The van der Waals surface area contributed by atoms with Crippen molar-refractivity contribution in [3.05, 3.63) is 78.6 Å². The molecule has 2 aromatic heterocycles. The first-order chi connectivity index (χ1) is 12.9. The molecular formula is C20H14N6. The van der Waals surface area contributed by atoms with Gasteiger partial charge in [-0.1, -0.05) is 66.7 Å². The minimum absolute atomic E-state index is 0.657. The van der Waals surface area contributed by atoms with Crippen molar-refractivity contribution in [1.82, 2.24) is 19.8 Å². The number of anilines is 1. The second kappa shape index (κ2) is 5.93. The quantitative estimate of drug-likeness (QED) is 0.400. The van der Waals surface area contributed by atoms with Crippen LogP contribution >= 0.6 is 0 Å². The highest BCUT2D eigenvalue weighted by molar-refractivity contribution is 6.01. The van der Waals surface area contributed by atoms with Crippen LogP contribution in [-0.4, -0.2) is 26.0 Å². The Hall–Kier alpha value is -3.80. The summed E-state index contributed by atoms with van der Waals surface area (Å²) < 4.78 is 1.65. The van der Waals surface area contributed by atoms with Crippen LogP contribution < -0.4 is 5.43 Å². The Bertz CT molecular complexity index is 1270. The van der Waals surface area contributed by atoms with Gasteiger partial charge in [0.05, 0.1) is 6.21 Å². The molecule has 0 fully saturated rings. The fraction of sp³-hybridized carbons (Fsp3) is 0. The monoisotopic (exact) mass is 338 g/mol. The average molecular weight is 338 g/mol. The number of nitrogens with one attached hydrogen (secondary N) is 1. The van der Waals surface area contributed by atoms with Crippen molar-refractivity contribution in [2.75, 3.05) is 5.43 Å². The van der Waals surface area contributed by atoms with Crippen LogP contribution in [0.5, 0.6) is 0 Å². The van der Waals surface area contributed by atoms with E-state index in [0.29, 0.717) is 5.82 Å². The van der Waals surface area contributed by atoms with Crippen molar-refractivity contribution in [2.45, 2.75) is 0 Å². The van der Waals surface area contributed by atoms with Gasteiger partial charge < -0.3 is 0 Å². The summed E-state index contributed by atoms with van der Waals surface area (Å²) in [6.07, 6.45) is 3.40. The maximum absolute atomic E-state index is 4.52. The van der Waals surface area contributed by atoms with Gasteiger partial charge in [0.15, 0.2) is 11.5 Å². The summed E-state index contributed by atoms with van der Waals surface area (Å²) >= 11 is 0. The molecule has 5 aromatic rings. The first kappa shape index (κ1) is 14.5. The third kappa shape index (κ3) is 2.36. The van der Waals surface area contributed by atoms with Gasteiger partial charge in [0, 0.05) is 16.3 Å². The highest BCUT2D eigenvalue weighted by Crippen LogP contribution is 2.24. The molecule has 6 nitrogen and oxygen atoms in total. The van der Waals surface area contributed by atoms with Crippen LogP contribution in [0.4, 0.5) is 5.82 Å². The van der Waals surface area contributed by atoms with Gasteiger partial charge in [-0.2, -0.15) is 9.62 Å². The van der Waals surface area contributed by atoms with E-state index in [4.69, 9.17) is 0 Å². The molecule has 1 N–H and O–H groups in total. The topological polar surface area (TPSA) is 67.5 Å². The number of hydrogen-bond donors (Lipinski definition) is 1. The number of hydrazone groups is 1. The smallest absolute Gasteiger partial charge is 0.185 e. The van der Waals surface area contributed by atoms with Crippen molar-refractivity contribution in [3.63, 3.8) is 0 Å². The lowest BCUT2D eigenvalue weighted by molar-refractivity contribution is 0.934. The molecule has 0 saturated carbocycles. The third-order valence-electron chi connectivity index (χ3n) is 4.36. The molecule has 0 amide bonds. The Morgan fingerprint density at radius 2 is 1.62 bits per heavy atom. The summed E-state index contributed by atoms with van der Waals surface area (Å²) in [6.45, 7) is 0. The Morgan fingerprint density at radius 1 is 0.846 bits per heavy atom. The highest BCUT2D eigenvalue weighted by Gasteiger charge is 2.08. The molecule has 0 aliphatic carbocycles. The summed E-state index contributed by atoms with van der Waals surface area (Å²) in [6, 6.07) is 22.3. The van der Waals surface area contributed by atoms with E-state index in [-0.39, 0.29) is 0 Å². The molecule has 0 spiro atoms. The SMILES string of the molecule is C(=N/Nc1nn2cnnc2c2ccccc12)/c1cccc2ccccc12. The summed E-state index contributed by atoms with van der Waals surface area (Å²) in [5.41, 5.74) is 4.84.